The van der Waals surface area contributed by atoms with Gasteiger partial charge in [-0.25, -0.2) is 4.98 Å². The average Bonchev–Trinajstić information content (AvgIpc) is 2.63. The summed E-state index contributed by atoms with van der Waals surface area (Å²) in [7, 11) is 1.84. The topological polar surface area (TPSA) is 60.9 Å². The molecule has 1 aromatic heterocycles. The van der Waals surface area contributed by atoms with Gasteiger partial charge in [-0.2, -0.15) is 0 Å². The third-order valence-corrected chi connectivity index (χ3v) is 2.78. The summed E-state index contributed by atoms with van der Waals surface area (Å²) in [4.78, 5) is 15.2. The van der Waals surface area contributed by atoms with E-state index in [4.69, 9.17) is 5.73 Å². The van der Waals surface area contributed by atoms with Crippen LogP contribution in [0.4, 0.5) is 0 Å². The van der Waals surface area contributed by atoms with E-state index in [1.165, 1.54) is 0 Å². The SMILES string of the molecule is Cn1c(C(N)=O)cnc1C1(C)CC1. The van der Waals surface area contributed by atoms with Gasteiger partial charge in [0.1, 0.15) is 11.5 Å². The lowest BCUT2D eigenvalue weighted by molar-refractivity contribution is 0.0992. The number of hydrogen-bond donors (Lipinski definition) is 1. The third-order valence-electron chi connectivity index (χ3n) is 2.78. The summed E-state index contributed by atoms with van der Waals surface area (Å²) >= 11 is 0. The van der Waals surface area contributed by atoms with Crippen LogP contribution in [0.25, 0.3) is 0 Å². The molecule has 2 rings (SSSR count). The average molecular weight is 179 g/mol. The monoisotopic (exact) mass is 179 g/mol. The van der Waals surface area contributed by atoms with E-state index in [0.717, 1.165) is 18.7 Å². The Morgan fingerprint density at radius 2 is 2.31 bits per heavy atom. The van der Waals surface area contributed by atoms with E-state index in [1.54, 1.807) is 10.8 Å². The van der Waals surface area contributed by atoms with Crippen molar-refractivity contribution in [3.63, 3.8) is 0 Å². The molecule has 0 bridgehead atoms. The molecule has 1 amide bonds. The molecule has 0 radical (unpaired) electrons. The fraction of sp³-hybridized carbons (Fsp3) is 0.556. The fourth-order valence-corrected chi connectivity index (χ4v) is 1.61. The first-order valence-corrected chi connectivity index (χ1v) is 4.36. The van der Waals surface area contributed by atoms with Gasteiger partial charge in [0.05, 0.1) is 6.20 Å². The van der Waals surface area contributed by atoms with Crippen molar-refractivity contribution in [3.8, 4) is 0 Å². The number of carbonyl (C=O) groups excluding carboxylic acids is 1. The summed E-state index contributed by atoms with van der Waals surface area (Å²) in [5.41, 5.74) is 5.86. The highest BCUT2D eigenvalue weighted by atomic mass is 16.1. The van der Waals surface area contributed by atoms with E-state index in [1.807, 2.05) is 7.05 Å². The highest BCUT2D eigenvalue weighted by Crippen LogP contribution is 2.46. The lowest BCUT2D eigenvalue weighted by atomic mass is 10.1. The molecular formula is C9H13N3O. The Labute approximate surface area is 76.8 Å². The van der Waals surface area contributed by atoms with Crippen LogP contribution >= 0.6 is 0 Å². The molecule has 1 fully saturated rings. The zero-order chi connectivity index (χ0) is 9.64. The van der Waals surface area contributed by atoms with Crippen LogP contribution in [0.1, 0.15) is 36.1 Å². The molecule has 0 aliphatic heterocycles. The zero-order valence-corrected chi connectivity index (χ0v) is 7.87. The lowest BCUT2D eigenvalue weighted by Gasteiger charge is -2.08. The van der Waals surface area contributed by atoms with Crippen molar-refractivity contribution in [2.75, 3.05) is 0 Å². The molecule has 0 unspecified atom stereocenters. The number of nitrogens with zero attached hydrogens (tertiary/aromatic N) is 2. The Bertz CT molecular complexity index is 363. The standard InChI is InChI=1S/C9H13N3O/c1-9(3-4-9)8-11-5-6(7(10)13)12(8)2/h5H,3-4H2,1-2H3,(H2,10,13). The maximum atomic E-state index is 10.9. The molecule has 13 heavy (non-hydrogen) atoms. The van der Waals surface area contributed by atoms with Crippen molar-refractivity contribution in [1.82, 2.24) is 9.55 Å². The van der Waals surface area contributed by atoms with Crippen molar-refractivity contribution in [2.45, 2.75) is 25.2 Å². The van der Waals surface area contributed by atoms with Gasteiger partial charge < -0.3 is 10.3 Å². The zero-order valence-electron chi connectivity index (χ0n) is 7.87. The maximum absolute atomic E-state index is 10.9. The molecule has 1 saturated carbocycles. The highest BCUT2D eigenvalue weighted by Gasteiger charge is 2.43. The van der Waals surface area contributed by atoms with Crippen molar-refractivity contribution >= 4 is 5.91 Å². The summed E-state index contributed by atoms with van der Waals surface area (Å²) in [5.74, 6) is 0.562. The van der Waals surface area contributed by atoms with Crippen LogP contribution in [-0.2, 0) is 12.5 Å². The molecule has 4 heteroatoms. The second kappa shape index (κ2) is 2.34. The van der Waals surface area contributed by atoms with Crippen molar-refractivity contribution in [1.29, 1.82) is 0 Å². The minimum Gasteiger partial charge on any atom is -0.364 e. The van der Waals surface area contributed by atoms with E-state index >= 15 is 0 Å². The predicted molar refractivity (Wildman–Crippen MR) is 48.3 cm³/mol. The third kappa shape index (κ3) is 1.13. The highest BCUT2D eigenvalue weighted by molar-refractivity contribution is 5.90. The van der Waals surface area contributed by atoms with Crippen LogP contribution in [0.2, 0.25) is 0 Å². The molecule has 0 saturated heterocycles. The Morgan fingerprint density at radius 1 is 1.69 bits per heavy atom. The Kier molecular flexibility index (Phi) is 1.49. The van der Waals surface area contributed by atoms with E-state index in [2.05, 4.69) is 11.9 Å². The Balaban J connectivity index is 2.44. The van der Waals surface area contributed by atoms with Gasteiger partial charge in [0.2, 0.25) is 0 Å². The number of imidazole rings is 1. The van der Waals surface area contributed by atoms with E-state index in [9.17, 15) is 4.79 Å². The van der Waals surface area contributed by atoms with Crippen molar-refractivity contribution < 1.29 is 4.79 Å². The number of nitrogens with two attached hydrogens (primary N) is 1. The van der Waals surface area contributed by atoms with Gasteiger partial charge >= 0.3 is 0 Å². The van der Waals surface area contributed by atoms with Crippen LogP contribution in [0.5, 0.6) is 0 Å². The Morgan fingerprint density at radius 3 is 2.69 bits per heavy atom. The second-order valence-electron chi connectivity index (χ2n) is 3.95. The van der Waals surface area contributed by atoms with Gasteiger partial charge in [0, 0.05) is 12.5 Å². The second-order valence-corrected chi connectivity index (χ2v) is 3.95. The van der Waals surface area contributed by atoms with Gasteiger partial charge in [-0.3, -0.25) is 4.79 Å². The normalized spacial score (nSPS) is 18.6. The van der Waals surface area contributed by atoms with E-state index < -0.39 is 5.91 Å². The number of carbonyl (C=O) groups is 1. The quantitative estimate of drug-likeness (QED) is 0.721. The summed E-state index contributed by atoms with van der Waals surface area (Å²) in [6.07, 6.45) is 3.85. The van der Waals surface area contributed by atoms with Crippen LogP contribution in [0, 0.1) is 0 Å². The number of primary amides is 1. The Hall–Kier alpha value is -1.32. The minimum absolute atomic E-state index is 0.183. The van der Waals surface area contributed by atoms with Gasteiger partial charge in [-0.1, -0.05) is 6.92 Å². The summed E-state index contributed by atoms with van der Waals surface area (Å²) in [5, 5.41) is 0. The minimum atomic E-state index is -0.412. The summed E-state index contributed by atoms with van der Waals surface area (Å²) < 4.78 is 1.80. The number of amides is 1. The molecular weight excluding hydrogens is 166 g/mol. The summed E-state index contributed by atoms with van der Waals surface area (Å²) in [6, 6.07) is 0. The van der Waals surface area contributed by atoms with Crippen LogP contribution in [0.3, 0.4) is 0 Å². The largest absolute Gasteiger partial charge is 0.364 e. The molecule has 0 spiro atoms. The fourth-order valence-electron chi connectivity index (χ4n) is 1.61. The smallest absolute Gasteiger partial charge is 0.266 e. The number of aromatic nitrogens is 2. The maximum Gasteiger partial charge on any atom is 0.266 e. The van der Waals surface area contributed by atoms with Gasteiger partial charge in [0.15, 0.2) is 0 Å². The van der Waals surface area contributed by atoms with Gasteiger partial charge in [-0.15, -0.1) is 0 Å². The van der Waals surface area contributed by atoms with E-state index in [-0.39, 0.29) is 5.41 Å². The molecule has 1 aliphatic carbocycles. The molecule has 0 aromatic carbocycles. The van der Waals surface area contributed by atoms with E-state index in [0.29, 0.717) is 5.69 Å². The van der Waals surface area contributed by atoms with Gasteiger partial charge in [0.25, 0.3) is 5.91 Å². The van der Waals surface area contributed by atoms with Crippen LogP contribution in [-0.4, -0.2) is 15.5 Å². The summed E-state index contributed by atoms with van der Waals surface area (Å²) in [6.45, 7) is 2.15. The molecule has 1 aromatic rings. The molecule has 70 valence electrons. The van der Waals surface area contributed by atoms with Crippen molar-refractivity contribution in [2.24, 2.45) is 12.8 Å². The van der Waals surface area contributed by atoms with Crippen LogP contribution < -0.4 is 5.73 Å². The lowest BCUT2D eigenvalue weighted by Crippen LogP contribution is -2.18. The van der Waals surface area contributed by atoms with Crippen LogP contribution in [0.15, 0.2) is 6.20 Å². The molecule has 2 N–H and O–H groups in total. The molecule has 1 heterocycles. The first-order valence-electron chi connectivity index (χ1n) is 4.36. The first-order chi connectivity index (χ1) is 6.04. The number of hydrogen-bond acceptors (Lipinski definition) is 2. The molecule has 0 atom stereocenters. The number of rotatable bonds is 2. The van der Waals surface area contributed by atoms with Crippen molar-refractivity contribution in [3.05, 3.63) is 17.7 Å². The first kappa shape index (κ1) is 8.29. The van der Waals surface area contributed by atoms with Gasteiger partial charge in [-0.05, 0) is 12.8 Å². The predicted octanol–water partition coefficient (Wildman–Crippen LogP) is 0.570. The molecule has 1 aliphatic rings. The molecule has 4 nitrogen and oxygen atoms in total.